The van der Waals surface area contributed by atoms with E-state index in [1.807, 2.05) is 6.07 Å². The lowest BCUT2D eigenvalue weighted by atomic mass is 10.3. The maximum Gasteiger partial charge on any atom is 0.356 e. The third-order valence-corrected chi connectivity index (χ3v) is 1.26. The molecule has 0 aromatic carbocycles. The van der Waals surface area contributed by atoms with Crippen LogP contribution in [0.4, 0.5) is 0 Å². The zero-order chi connectivity index (χ0) is 11.0. The summed E-state index contributed by atoms with van der Waals surface area (Å²) in [5.41, 5.74) is 5.19. The summed E-state index contributed by atoms with van der Waals surface area (Å²) in [7, 11) is 0. The highest BCUT2D eigenvalue weighted by molar-refractivity contribution is 6.41. The van der Waals surface area contributed by atoms with E-state index < -0.39 is 12.0 Å². The molecule has 5 nitrogen and oxygen atoms in total. The molecule has 1 unspecified atom stereocenters. The fraction of sp³-hybridized carbons (Fsp3) is 0.444. The van der Waals surface area contributed by atoms with Crippen LogP contribution >= 0.6 is 0 Å². The standard InChI is InChI=1S/C9H13N3O2/c1-3-14-9(13)8(4-5-10)12-7(2)6-11/h4-5,7H,3,10H2,1-2H3. The Morgan fingerprint density at radius 2 is 2.43 bits per heavy atom. The molecular weight excluding hydrogens is 182 g/mol. The van der Waals surface area contributed by atoms with E-state index in [1.165, 1.54) is 12.3 Å². The molecule has 0 aromatic rings. The van der Waals surface area contributed by atoms with Crippen LogP contribution in [0.25, 0.3) is 0 Å². The molecule has 0 saturated carbocycles. The predicted molar refractivity (Wildman–Crippen MR) is 52.5 cm³/mol. The number of rotatable bonds is 4. The van der Waals surface area contributed by atoms with Crippen molar-refractivity contribution >= 4 is 11.7 Å². The summed E-state index contributed by atoms with van der Waals surface area (Å²) in [6.45, 7) is 3.52. The van der Waals surface area contributed by atoms with Crippen LogP contribution in [0.3, 0.4) is 0 Å². The Balaban J connectivity index is 4.68. The number of nitrogens with two attached hydrogens (primary N) is 1. The number of hydrogen-bond acceptors (Lipinski definition) is 5. The molecule has 14 heavy (non-hydrogen) atoms. The minimum Gasteiger partial charge on any atom is -0.461 e. The van der Waals surface area contributed by atoms with Crippen LogP contribution in [0.1, 0.15) is 13.8 Å². The molecule has 0 radical (unpaired) electrons. The Kier molecular flexibility index (Phi) is 5.79. The van der Waals surface area contributed by atoms with Gasteiger partial charge in [0, 0.05) is 0 Å². The van der Waals surface area contributed by atoms with Crippen molar-refractivity contribution in [2.45, 2.75) is 19.9 Å². The third-order valence-electron chi connectivity index (χ3n) is 1.26. The van der Waals surface area contributed by atoms with E-state index in [1.54, 1.807) is 13.8 Å². The van der Waals surface area contributed by atoms with E-state index in [-0.39, 0.29) is 12.3 Å². The van der Waals surface area contributed by atoms with Crippen molar-refractivity contribution in [1.82, 2.24) is 0 Å². The van der Waals surface area contributed by atoms with Crippen molar-refractivity contribution in [3.63, 3.8) is 0 Å². The van der Waals surface area contributed by atoms with Crippen LogP contribution in [0, 0.1) is 11.3 Å². The minimum atomic E-state index is -0.592. The fourth-order valence-corrected chi connectivity index (χ4v) is 0.697. The molecular formula is C9H13N3O2. The monoisotopic (exact) mass is 195 g/mol. The molecule has 0 fully saturated rings. The van der Waals surface area contributed by atoms with Crippen LogP contribution in [-0.2, 0) is 9.53 Å². The highest BCUT2D eigenvalue weighted by Gasteiger charge is 2.10. The highest BCUT2D eigenvalue weighted by atomic mass is 16.5. The van der Waals surface area contributed by atoms with Crippen LogP contribution in [0.5, 0.6) is 0 Å². The first-order valence-electron chi connectivity index (χ1n) is 4.18. The summed E-state index contributed by atoms with van der Waals surface area (Å²) in [5.74, 6) is -0.573. The first kappa shape index (κ1) is 12.2. The second-order valence-corrected chi connectivity index (χ2v) is 2.40. The number of carbonyl (C=O) groups is 1. The number of aliphatic imine (C=N–C) groups is 1. The van der Waals surface area contributed by atoms with Gasteiger partial charge in [0.05, 0.1) is 12.7 Å². The largest absolute Gasteiger partial charge is 0.461 e. The van der Waals surface area contributed by atoms with Gasteiger partial charge in [-0.25, -0.2) is 4.79 Å². The molecule has 0 aromatic heterocycles. The number of hydrogen-bond donors (Lipinski definition) is 1. The van der Waals surface area contributed by atoms with Crippen LogP contribution in [-0.4, -0.2) is 24.3 Å². The van der Waals surface area contributed by atoms with Crippen molar-refractivity contribution in [2.24, 2.45) is 10.7 Å². The Hall–Kier alpha value is -1.83. The van der Waals surface area contributed by atoms with Crippen molar-refractivity contribution in [3.8, 4) is 6.07 Å². The first-order chi connectivity index (χ1) is 6.65. The quantitative estimate of drug-likeness (QED) is 0.518. The van der Waals surface area contributed by atoms with E-state index >= 15 is 0 Å². The average Bonchev–Trinajstić information content (AvgIpc) is 2.17. The topological polar surface area (TPSA) is 88.5 Å². The van der Waals surface area contributed by atoms with Gasteiger partial charge in [-0.3, -0.25) is 4.99 Å². The molecule has 0 amide bonds. The first-order valence-corrected chi connectivity index (χ1v) is 4.18. The van der Waals surface area contributed by atoms with E-state index in [4.69, 9.17) is 15.7 Å². The fourth-order valence-electron chi connectivity index (χ4n) is 0.697. The number of nitrogens with zero attached hydrogens (tertiary/aromatic N) is 2. The number of nitriles is 1. The molecule has 0 aliphatic rings. The average molecular weight is 195 g/mol. The normalized spacial score (nSPS) is 13.6. The predicted octanol–water partition coefficient (Wildman–Crippen LogP) is 0.375. The number of carbonyl (C=O) groups excluding carboxylic acids is 1. The summed E-state index contributed by atoms with van der Waals surface area (Å²) < 4.78 is 4.72. The zero-order valence-corrected chi connectivity index (χ0v) is 8.23. The van der Waals surface area contributed by atoms with Gasteiger partial charge in [-0.1, -0.05) is 0 Å². The number of ether oxygens (including phenoxy) is 1. The molecule has 0 rings (SSSR count). The minimum absolute atomic E-state index is 0.0587. The maximum absolute atomic E-state index is 11.2. The van der Waals surface area contributed by atoms with Crippen molar-refractivity contribution in [2.75, 3.05) is 6.61 Å². The van der Waals surface area contributed by atoms with Crippen molar-refractivity contribution < 1.29 is 9.53 Å². The Bertz CT molecular complexity index is 289. The Labute approximate surface area is 82.9 Å². The van der Waals surface area contributed by atoms with E-state index in [0.29, 0.717) is 0 Å². The van der Waals surface area contributed by atoms with Gasteiger partial charge in [0.1, 0.15) is 11.8 Å². The second-order valence-electron chi connectivity index (χ2n) is 2.40. The highest BCUT2D eigenvalue weighted by Crippen LogP contribution is 1.93. The van der Waals surface area contributed by atoms with E-state index in [2.05, 4.69) is 4.99 Å². The van der Waals surface area contributed by atoms with Gasteiger partial charge in [0.2, 0.25) is 0 Å². The van der Waals surface area contributed by atoms with Gasteiger partial charge in [0.25, 0.3) is 0 Å². The molecule has 0 saturated heterocycles. The zero-order valence-electron chi connectivity index (χ0n) is 8.23. The third kappa shape index (κ3) is 4.26. The van der Waals surface area contributed by atoms with Gasteiger partial charge >= 0.3 is 5.97 Å². The lowest BCUT2D eigenvalue weighted by molar-refractivity contribution is -0.134. The Morgan fingerprint density at radius 3 is 2.86 bits per heavy atom. The molecule has 0 heterocycles. The van der Waals surface area contributed by atoms with Crippen molar-refractivity contribution in [1.29, 1.82) is 5.26 Å². The summed E-state index contributed by atoms with van der Waals surface area (Å²) in [6, 6.07) is 1.29. The van der Waals surface area contributed by atoms with Gasteiger partial charge < -0.3 is 10.5 Å². The Morgan fingerprint density at radius 1 is 1.79 bits per heavy atom. The molecule has 0 spiro atoms. The molecule has 5 heteroatoms. The van der Waals surface area contributed by atoms with Crippen molar-refractivity contribution in [3.05, 3.63) is 12.3 Å². The summed E-state index contributed by atoms with van der Waals surface area (Å²) >= 11 is 0. The van der Waals surface area contributed by atoms with Gasteiger partial charge in [0.15, 0.2) is 0 Å². The lowest BCUT2D eigenvalue weighted by Crippen LogP contribution is -2.17. The van der Waals surface area contributed by atoms with Gasteiger partial charge in [-0.2, -0.15) is 5.26 Å². The lowest BCUT2D eigenvalue weighted by Gasteiger charge is -2.02. The van der Waals surface area contributed by atoms with E-state index in [0.717, 1.165) is 0 Å². The SMILES string of the molecule is CCOC(=O)C(C=CN)=NC(C)C#N. The van der Waals surface area contributed by atoms with Gasteiger partial charge in [-0.05, 0) is 26.1 Å². The smallest absolute Gasteiger partial charge is 0.356 e. The molecule has 2 N–H and O–H groups in total. The summed E-state index contributed by atoms with van der Waals surface area (Å²) in [5, 5.41) is 8.50. The molecule has 0 aliphatic carbocycles. The molecule has 1 atom stereocenters. The van der Waals surface area contributed by atoms with Crippen LogP contribution in [0.2, 0.25) is 0 Å². The summed E-state index contributed by atoms with van der Waals surface area (Å²) in [4.78, 5) is 15.0. The maximum atomic E-state index is 11.2. The van der Waals surface area contributed by atoms with Crippen LogP contribution in [0.15, 0.2) is 17.3 Å². The second kappa shape index (κ2) is 6.66. The van der Waals surface area contributed by atoms with E-state index in [9.17, 15) is 4.79 Å². The molecule has 76 valence electrons. The van der Waals surface area contributed by atoms with Crippen LogP contribution < -0.4 is 5.73 Å². The number of esters is 1. The molecule has 0 aliphatic heterocycles. The van der Waals surface area contributed by atoms with Gasteiger partial charge in [-0.15, -0.1) is 0 Å². The summed E-state index contributed by atoms with van der Waals surface area (Å²) in [6.07, 6.45) is 2.49. The molecule has 0 bridgehead atoms.